The zero-order valence-electron chi connectivity index (χ0n) is 15.4. The monoisotopic (exact) mass is 374 g/mol. The Labute approximate surface area is 152 Å². The van der Waals surface area contributed by atoms with Crippen molar-refractivity contribution < 1.29 is 19.0 Å². The number of nitrogens with zero attached hydrogens (tertiary/aromatic N) is 3. The molecule has 0 aliphatic carbocycles. The molecule has 10 heteroatoms. The van der Waals surface area contributed by atoms with Crippen LogP contribution in [-0.2, 0) is 15.3 Å². The van der Waals surface area contributed by atoms with Crippen molar-refractivity contribution in [3.8, 4) is 11.5 Å². The predicted octanol–water partition coefficient (Wildman–Crippen LogP) is 0.906. The van der Waals surface area contributed by atoms with Crippen LogP contribution in [0.4, 0.5) is 0 Å². The minimum Gasteiger partial charge on any atom is -0.493 e. The summed E-state index contributed by atoms with van der Waals surface area (Å²) in [4.78, 5) is 40.5. The molecule has 0 aliphatic heterocycles. The minimum atomic E-state index is -1.28. The van der Waals surface area contributed by atoms with E-state index in [0.29, 0.717) is 11.5 Å². The van der Waals surface area contributed by atoms with Gasteiger partial charge >= 0.3 is 5.97 Å². The summed E-state index contributed by atoms with van der Waals surface area (Å²) < 4.78 is 15.6. The van der Waals surface area contributed by atoms with Crippen molar-refractivity contribution >= 4 is 27.9 Å². The Morgan fingerprint density at radius 1 is 1.07 bits per heavy atom. The van der Waals surface area contributed by atoms with Crippen molar-refractivity contribution in [3.63, 3.8) is 0 Å². The number of aromatic nitrogens is 4. The highest BCUT2D eigenvalue weighted by Gasteiger charge is 2.28. The standard InChI is InChI=1S/C17H18N4O6/c1-8(22)27-17(2,3)21-19-13-14(20-21)16(24)18-10-7-12(26-5)11(25-4)6-9(10)15(13)23/h6-7H,1-5H3,(H,18,24). The number of methoxy groups -OCH3 is 2. The third-order valence-corrected chi connectivity index (χ3v) is 3.94. The summed E-state index contributed by atoms with van der Waals surface area (Å²) in [5, 5.41) is 8.36. The molecule has 3 rings (SSSR count). The summed E-state index contributed by atoms with van der Waals surface area (Å²) in [6, 6.07) is 2.95. The first-order chi connectivity index (χ1) is 12.7. The molecule has 27 heavy (non-hydrogen) atoms. The van der Waals surface area contributed by atoms with E-state index in [9.17, 15) is 14.4 Å². The summed E-state index contributed by atoms with van der Waals surface area (Å²) in [5.41, 5.74) is -2.49. The number of fused-ring (bicyclic) bond motifs is 2. The first-order valence-corrected chi connectivity index (χ1v) is 7.97. The van der Waals surface area contributed by atoms with Crippen molar-refractivity contribution in [2.24, 2.45) is 0 Å². The molecule has 142 valence electrons. The van der Waals surface area contributed by atoms with Gasteiger partial charge in [-0.1, -0.05) is 0 Å². The second-order valence-corrected chi connectivity index (χ2v) is 6.26. The Bertz CT molecular complexity index is 1180. The molecule has 1 aromatic carbocycles. The maximum Gasteiger partial charge on any atom is 0.304 e. The van der Waals surface area contributed by atoms with Crippen LogP contribution in [0.3, 0.4) is 0 Å². The lowest BCUT2D eigenvalue weighted by atomic mass is 10.2. The fraction of sp³-hybridized carbons (Fsp3) is 0.353. The van der Waals surface area contributed by atoms with Crippen LogP contribution in [0.25, 0.3) is 21.9 Å². The van der Waals surface area contributed by atoms with Crippen LogP contribution in [0.5, 0.6) is 11.5 Å². The molecular weight excluding hydrogens is 356 g/mol. The molecule has 0 spiro atoms. The van der Waals surface area contributed by atoms with E-state index in [2.05, 4.69) is 15.2 Å². The van der Waals surface area contributed by atoms with Gasteiger partial charge in [-0.05, 0) is 19.9 Å². The molecule has 2 aromatic heterocycles. The molecule has 0 amide bonds. The van der Waals surface area contributed by atoms with E-state index in [4.69, 9.17) is 14.2 Å². The van der Waals surface area contributed by atoms with Crippen molar-refractivity contribution in [3.05, 3.63) is 32.7 Å². The number of H-pyrrole nitrogens is 1. The van der Waals surface area contributed by atoms with E-state index >= 15 is 0 Å². The van der Waals surface area contributed by atoms with Crippen LogP contribution in [0, 0.1) is 0 Å². The summed E-state index contributed by atoms with van der Waals surface area (Å²) in [5.74, 6) is 0.137. The van der Waals surface area contributed by atoms with Gasteiger partial charge in [-0.15, -0.1) is 15.0 Å². The number of aromatic amines is 1. The average Bonchev–Trinajstić information content (AvgIpc) is 3.02. The van der Waals surface area contributed by atoms with Crippen LogP contribution in [0.1, 0.15) is 20.8 Å². The molecule has 0 unspecified atom stereocenters. The molecule has 0 bridgehead atoms. The zero-order chi connectivity index (χ0) is 19.9. The maximum atomic E-state index is 13.0. The van der Waals surface area contributed by atoms with Crippen LogP contribution in [-0.4, -0.2) is 40.2 Å². The lowest BCUT2D eigenvalue weighted by molar-refractivity contribution is -0.166. The van der Waals surface area contributed by atoms with E-state index in [0.717, 1.165) is 4.80 Å². The number of hydrogen-bond donors (Lipinski definition) is 1. The Hall–Kier alpha value is -3.43. The van der Waals surface area contributed by atoms with E-state index in [1.54, 1.807) is 0 Å². The van der Waals surface area contributed by atoms with E-state index in [-0.39, 0.29) is 21.9 Å². The number of nitrogens with one attached hydrogen (secondary N) is 1. The Morgan fingerprint density at radius 3 is 2.26 bits per heavy atom. The van der Waals surface area contributed by atoms with Crippen LogP contribution >= 0.6 is 0 Å². The summed E-state index contributed by atoms with van der Waals surface area (Å²) in [6.07, 6.45) is 0. The predicted molar refractivity (Wildman–Crippen MR) is 96.1 cm³/mol. The van der Waals surface area contributed by atoms with E-state index in [1.165, 1.54) is 47.1 Å². The number of ether oxygens (including phenoxy) is 3. The fourth-order valence-corrected chi connectivity index (χ4v) is 2.73. The topological polar surface area (TPSA) is 125 Å². The molecular formula is C17H18N4O6. The molecule has 0 atom stereocenters. The lowest BCUT2D eigenvalue weighted by Gasteiger charge is -2.22. The first-order valence-electron chi connectivity index (χ1n) is 7.97. The highest BCUT2D eigenvalue weighted by Crippen LogP contribution is 2.29. The number of benzene rings is 1. The fourth-order valence-electron chi connectivity index (χ4n) is 2.73. The SMILES string of the molecule is COc1cc2[nH]c(=O)c3nn(C(C)(C)OC(C)=O)nc3c(=O)c2cc1OC. The average molecular weight is 374 g/mol. The largest absolute Gasteiger partial charge is 0.493 e. The number of hydrogen-bond acceptors (Lipinski definition) is 8. The maximum absolute atomic E-state index is 13.0. The summed E-state index contributed by atoms with van der Waals surface area (Å²) in [6.45, 7) is 4.32. The third-order valence-electron chi connectivity index (χ3n) is 3.94. The molecule has 0 saturated carbocycles. The van der Waals surface area contributed by atoms with Gasteiger partial charge in [-0.2, -0.15) is 0 Å². The smallest absolute Gasteiger partial charge is 0.304 e. The number of esters is 1. The molecule has 0 aliphatic rings. The number of carbonyl (C=O) groups excluding carboxylic acids is 1. The summed E-state index contributed by atoms with van der Waals surface area (Å²) in [7, 11) is 2.88. The Morgan fingerprint density at radius 2 is 1.67 bits per heavy atom. The summed E-state index contributed by atoms with van der Waals surface area (Å²) >= 11 is 0. The van der Waals surface area contributed by atoms with E-state index in [1.807, 2.05) is 0 Å². The quantitative estimate of drug-likeness (QED) is 0.668. The molecule has 2 heterocycles. The molecule has 0 saturated heterocycles. The highest BCUT2D eigenvalue weighted by atomic mass is 16.6. The Kier molecular flexibility index (Phi) is 4.34. The molecule has 0 fully saturated rings. The highest BCUT2D eigenvalue weighted by molar-refractivity contribution is 5.88. The minimum absolute atomic E-state index is 0.154. The van der Waals surface area contributed by atoms with Crippen LogP contribution in [0.2, 0.25) is 0 Å². The normalized spacial score (nSPS) is 11.6. The van der Waals surface area contributed by atoms with Gasteiger partial charge in [-0.3, -0.25) is 14.4 Å². The number of rotatable bonds is 4. The molecule has 0 radical (unpaired) electrons. The van der Waals surface area contributed by atoms with Crippen molar-refractivity contribution in [2.75, 3.05) is 14.2 Å². The van der Waals surface area contributed by atoms with Gasteiger partial charge in [0.2, 0.25) is 11.2 Å². The zero-order valence-corrected chi connectivity index (χ0v) is 15.4. The molecule has 10 nitrogen and oxygen atoms in total. The first kappa shape index (κ1) is 18.4. The van der Waals surface area contributed by atoms with Gasteiger partial charge in [0.05, 0.1) is 25.1 Å². The van der Waals surface area contributed by atoms with Crippen molar-refractivity contribution in [1.29, 1.82) is 0 Å². The van der Waals surface area contributed by atoms with Gasteiger partial charge < -0.3 is 19.2 Å². The Balaban J connectivity index is 2.38. The number of carbonyl (C=O) groups is 1. The molecule has 1 N–H and O–H groups in total. The molecule has 3 aromatic rings. The van der Waals surface area contributed by atoms with Gasteiger partial charge in [-0.25, -0.2) is 0 Å². The van der Waals surface area contributed by atoms with Crippen LogP contribution in [0.15, 0.2) is 21.7 Å². The second-order valence-electron chi connectivity index (χ2n) is 6.26. The van der Waals surface area contributed by atoms with Gasteiger partial charge in [0.1, 0.15) is 0 Å². The van der Waals surface area contributed by atoms with Gasteiger partial charge in [0, 0.05) is 13.0 Å². The van der Waals surface area contributed by atoms with Crippen molar-refractivity contribution in [2.45, 2.75) is 26.5 Å². The third kappa shape index (κ3) is 3.09. The van der Waals surface area contributed by atoms with Gasteiger partial charge in [0.25, 0.3) is 5.56 Å². The van der Waals surface area contributed by atoms with E-state index < -0.39 is 22.7 Å². The second kappa shape index (κ2) is 6.38. The van der Waals surface area contributed by atoms with Crippen LogP contribution < -0.4 is 20.5 Å². The van der Waals surface area contributed by atoms with Crippen molar-refractivity contribution in [1.82, 2.24) is 20.0 Å². The van der Waals surface area contributed by atoms with Gasteiger partial charge in [0.15, 0.2) is 22.5 Å². The lowest BCUT2D eigenvalue weighted by Crippen LogP contribution is -2.34.